The number of halogens is 1. The Balaban J connectivity index is 1.68. The summed E-state index contributed by atoms with van der Waals surface area (Å²) in [4.78, 5) is 24.4. The third-order valence-electron chi connectivity index (χ3n) is 4.75. The highest BCUT2D eigenvalue weighted by Gasteiger charge is 2.27. The molecule has 2 aromatic carbocycles. The van der Waals surface area contributed by atoms with Gasteiger partial charge in [-0.25, -0.2) is 17.9 Å². The second-order valence-electron chi connectivity index (χ2n) is 6.69. The van der Waals surface area contributed by atoms with E-state index >= 15 is 0 Å². The molecule has 2 aromatic rings. The first-order chi connectivity index (χ1) is 13.6. The van der Waals surface area contributed by atoms with Crippen LogP contribution in [0.3, 0.4) is 0 Å². The van der Waals surface area contributed by atoms with Gasteiger partial charge in [0.2, 0.25) is 10.0 Å². The number of nitrogens with zero attached hydrogens (tertiary/aromatic N) is 2. The zero-order valence-electron chi connectivity index (χ0n) is 15.2. The van der Waals surface area contributed by atoms with Crippen LogP contribution in [0, 0.1) is 15.9 Å². The number of nitrogens with one attached hydrogen (secondary N) is 1. The van der Waals surface area contributed by atoms with Crippen LogP contribution in [0.2, 0.25) is 0 Å². The molecule has 1 aliphatic heterocycles. The van der Waals surface area contributed by atoms with Gasteiger partial charge in [-0.3, -0.25) is 14.9 Å². The third-order valence-corrected chi connectivity index (χ3v) is 5.66. The predicted octanol–water partition coefficient (Wildman–Crippen LogP) is 1.78. The number of carbonyl (C=O) groups is 1. The molecule has 1 saturated heterocycles. The van der Waals surface area contributed by atoms with Crippen molar-refractivity contribution in [3.63, 3.8) is 0 Å². The van der Waals surface area contributed by atoms with Crippen molar-refractivity contribution >= 4 is 27.3 Å². The summed E-state index contributed by atoms with van der Waals surface area (Å²) < 4.78 is 35.9. The summed E-state index contributed by atoms with van der Waals surface area (Å²) in [6.07, 6.45) is 1.09. The Kier molecular flexibility index (Phi) is 5.80. The van der Waals surface area contributed by atoms with E-state index < -0.39 is 20.8 Å². The van der Waals surface area contributed by atoms with Crippen LogP contribution in [-0.2, 0) is 10.0 Å². The summed E-state index contributed by atoms with van der Waals surface area (Å²) in [5.41, 5.74) is 0.305. The third kappa shape index (κ3) is 4.87. The maximum Gasteiger partial charge on any atom is 0.293 e. The molecule has 0 unspecified atom stereocenters. The highest BCUT2D eigenvalue weighted by Crippen LogP contribution is 2.32. The fourth-order valence-electron chi connectivity index (χ4n) is 3.23. The molecule has 1 amide bonds. The lowest BCUT2D eigenvalue weighted by molar-refractivity contribution is -0.384. The SMILES string of the molecule is NS(=O)(=O)c1ccc(N2CCC(NC(=O)c3ccc(F)cc3)CC2)c([N+](=O)[O-])c1. The van der Waals surface area contributed by atoms with Crippen molar-refractivity contribution in [2.24, 2.45) is 5.14 Å². The monoisotopic (exact) mass is 422 g/mol. The van der Waals surface area contributed by atoms with Gasteiger partial charge in [0.1, 0.15) is 11.5 Å². The van der Waals surface area contributed by atoms with Gasteiger partial charge in [0.15, 0.2) is 0 Å². The van der Waals surface area contributed by atoms with E-state index in [0.29, 0.717) is 37.2 Å². The molecule has 0 saturated carbocycles. The summed E-state index contributed by atoms with van der Waals surface area (Å²) in [7, 11) is -4.05. The second-order valence-corrected chi connectivity index (χ2v) is 8.26. The molecule has 0 spiro atoms. The molecule has 9 nitrogen and oxygen atoms in total. The maximum atomic E-state index is 13.0. The van der Waals surface area contributed by atoms with Crippen LogP contribution >= 0.6 is 0 Å². The molecular weight excluding hydrogens is 403 g/mol. The summed E-state index contributed by atoms with van der Waals surface area (Å²) in [5.74, 6) is -0.739. The van der Waals surface area contributed by atoms with Crippen LogP contribution in [0.1, 0.15) is 23.2 Å². The average molecular weight is 422 g/mol. The van der Waals surface area contributed by atoms with Crippen molar-refractivity contribution in [1.82, 2.24) is 5.32 Å². The van der Waals surface area contributed by atoms with Crippen molar-refractivity contribution in [3.8, 4) is 0 Å². The van der Waals surface area contributed by atoms with Gasteiger partial charge < -0.3 is 10.2 Å². The molecule has 0 atom stereocenters. The number of hydrogen-bond acceptors (Lipinski definition) is 6. The number of primary sulfonamides is 1. The Morgan fingerprint density at radius 1 is 1.17 bits per heavy atom. The Hall–Kier alpha value is -3.05. The van der Waals surface area contributed by atoms with Gasteiger partial charge in [-0.1, -0.05) is 0 Å². The van der Waals surface area contributed by atoms with Gasteiger partial charge in [0, 0.05) is 30.8 Å². The lowest BCUT2D eigenvalue weighted by Gasteiger charge is -2.33. The smallest absolute Gasteiger partial charge is 0.293 e. The fraction of sp³-hybridized carbons (Fsp3) is 0.278. The molecule has 0 aromatic heterocycles. The van der Waals surface area contributed by atoms with Crippen LogP contribution < -0.4 is 15.4 Å². The molecule has 3 rings (SSSR count). The van der Waals surface area contributed by atoms with Crippen LogP contribution in [0.4, 0.5) is 15.8 Å². The van der Waals surface area contributed by atoms with Gasteiger partial charge in [-0.05, 0) is 49.2 Å². The number of hydrogen-bond donors (Lipinski definition) is 2. The minimum atomic E-state index is -4.05. The van der Waals surface area contributed by atoms with Gasteiger partial charge in [-0.2, -0.15) is 0 Å². The van der Waals surface area contributed by atoms with E-state index in [1.165, 1.54) is 36.4 Å². The first kappa shape index (κ1) is 20.7. The predicted molar refractivity (Wildman–Crippen MR) is 104 cm³/mol. The van der Waals surface area contributed by atoms with Crippen LogP contribution in [0.15, 0.2) is 47.4 Å². The quantitative estimate of drug-likeness (QED) is 0.557. The van der Waals surface area contributed by atoms with Crippen LogP contribution in [0.5, 0.6) is 0 Å². The van der Waals surface area contributed by atoms with Crippen molar-refractivity contribution in [2.75, 3.05) is 18.0 Å². The molecule has 154 valence electrons. The lowest BCUT2D eigenvalue weighted by atomic mass is 10.0. The van der Waals surface area contributed by atoms with Crippen LogP contribution in [-0.4, -0.2) is 38.4 Å². The van der Waals surface area contributed by atoms with Gasteiger partial charge in [0.05, 0.1) is 9.82 Å². The van der Waals surface area contributed by atoms with Crippen molar-refractivity contribution in [3.05, 3.63) is 64.0 Å². The van der Waals surface area contributed by atoms with E-state index in [4.69, 9.17) is 5.14 Å². The highest BCUT2D eigenvalue weighted by molar-refractivity contribution is 7.89. The van der Waals surface area contributed by atoms with E-state index in [-0.39, 0.29) is 22.5 Å². The van der Waals surface area contributed by atoms with E-state index in [9.17, 15) is 27.7 Å². The normalized spacial score (nSPS) is 15.2. The van der Waals surface area contributed by atoms with Gasteiger partial charge in [-0.15, -0.1) is 0 Å². The fourth-order valence-corrected chi connectivity index (χ4v) is 3.76. The first-order valence-corrected chi connectivity index (χ1v) is 10.3. The minimum absolute atomic E-state index is 0.133. The number of benzene rings is 2. The number of nitrogens with two attached hydrogens (primary N) is 1. The van der Waals surface area contributed by atoms with E-state index in [0.717, 1.165) is 6.07 Å². The number of rotatable bonds is 5. The van der Waals surface area contributed by atoms with Crippen molar-refractivity contribution in [1.29, 1.82) is 0 Å². The Bertz CT molecular complexity index is 1030. The highest BCUT2D eigenvalue weighted by atomic mass is 32.2. The lowest BCUT2D eigenvalue weighted by Crippen LogP contribution is -2.44. The average Bonchev–Trinajstić information content (AvgIpc) is 2.68. The number of nitro groups is 1. The molecule has 11 heteroatoms. The number of sulfonamides is 1. The molecular formula is C18H19FN4O5S. The molecule has 0 bridgehead atoms. The molecule has 1 heterocycles. The zero-order valence-corrected chi connectivity index (χ0v) is 16.1. The first-order valence-electron chi connectivity index (χ1n) is 8.78. The second kappa shape index (κ2) is 8.13. The van der Waals surface area contributed by atoms with E-state index in [1.54, 1.807) is 4.90 Å². The van der Waals surface area contributed by atoms with Crippen molar-refractivity contribution in [2.45, 2.75) is 23.8 Å². The number of amides is 1. The summed E-state index contributed by atoms with van der Waals surface area (Å²) in [5, 5.41) is 19.3. The van der Waals surface area contributed by atoms with Gasteiger partial charge in [0.25, 0.3) is 11.6 Å². The Labute approximate surface area is 166 Å². The van der Waals surface area contributed by atoms with Crippen LogP contribution in [0.25, 0.3) is 0 Å². The number of anilines is 1. The topological polar surface area (TPSA) is 136 Å². The molecule has 1 aliphatic rings. The molecule has 29 heavy (non-hydrogen) atoms. The summed E-state index contributed by atoms with van der Waals surface area (Å²) >= 11 is 0. The molecule has 3 N–H and O–H groups in total. The van der Waals surface area contributed by atoms with Crippen molar-refractivity contribution < 1.29 is 22.5 Å². The summed E-state index contributed by atoms with van der Waals surface area (Å²) in [6, 6.07) is 8.64. The number of nitro benzene ring substituents is 1. The molecule has 0 radical (unpaired) electrons. The minimum Gasteiger partial charge on any atom is -0.366 e. The number of piperidine rings is 1. The van der Waals surface area contributed by atoms with Gasteiger partial charge >= 0.3 is 0 Å². The number of carbonyl (C=O) groups excluding carboxylic acids is 1. The summed E-state index contributed by atoms with van der Waals surface area (Å²) in [6.45, 7) is 0.869. The zero-order chi connectivity index (χ0) is 21.2. The molecule has 1 fully saturated rings. The van der Waals surface area contributed by atoms with E-state index in [1.807, 2.05) is 0 Å². The standard InChI is InChI=1S/C18H19FN4O5S/c19-13-3-1-12(2-4-13)18(24)21-14-7-9-22(10-8-14)16-6-5-15(29(20,27)28)11-17(16)23(25)26/h1-6,11,14H,7-10H2,(H,21,24)(H2,20,27,28). The Morgan fingerprint density at radius 3 is 2.34 bits per heavy atom. The Morgan fingerprint density at radius 2 is 1.79 bits per heavy atom. The van der Waals surface area contributed by atoms with E-state index in [2.05, 4.69) is 5.32 Å². The molecule has 0 aliphatic carbocycles. The largest absolute Gasteiger partial charge is 0.366 e. The maximum absolute atomic E-state index is 13.0.